The number of hydrogen-bond donors (Lipinski definition) is 0. The van der Waals surface area contributed by atoms with Crippen LogP contribution < -0.4 is 4.74 Å². The molecule has 1 unspecified atom stereocenters. The summed E-state index contributed by atoms with van der Waals surface area (Å²) < 4.78 is 17.3. The number of aryl methyl sites for hydroxylation is 2. The predicted octanol–water partition coefficient (Wildman–Crippen LogP) is 4.84. The van der Waals surface area contributed by atoms with Gasteiger partial charge < -0.3 is 14.2 Å². The molecule has 1 spiro atoms. The summed E-state index contributed by atoms with van der Waals surface area (Å²) in [6, 6.07) is 14.9. The number of rotatable bonds is 1. The second-order valence-corrected chi connectivity index (χ2v) is 7.99. The van der Waals surface area contributed by atoms with Crippen LogP contribution in [0.2, 0.25) is 0 Å². The van der Waals surface area contributed by atoms with E-state index in [9.17, 15) is 4.79 Å². The van der Waals surface area contributed by atoms with E-state index >= 15 is 0 Å². The van der Waals surface area contributed by atoms with Crippen LogP contribution in [0.15, 0.2) is 42.5 Å². The van der Waals surface area contributed by atoms with Crippen molar-refractivity contribution >= 4 is 6.16 Å². The van der Waals surface area contributed by atoms with E-state index in [2.05, 4.69) is 56.3 Å². The molecule has 26 heavy (non-hydrogen) atoms. The van der Waals surface area contributed by atoms with Crippen LogP contribution in [0, 0.1) is 19.8 Å². The molecule has 1 saturated carbocycles. The highest BCUT2D eigenvalue weighted by Gasteiger charge is 2.57. The summed E-state index contributed by atoms with van der Waals surface area (Å²) >= 11 is 0. The number of cyclic esters (lactones) is 1. The van der Waals surface area contributed by atoms with Crippen molar-refractivity contribution in [3.8, 4) is 5.75 Å². The second-order valence-electron chi connectivity index (χ2n) is 7.99. The second kappa shape index (κ2) is 5.50. The topological polar surface area (TPSA) is 44.8 Å². The first kappa shape index (κ1) is 15.7. The van der Waals surface area contributed by atoms with Crippen LogP contribution in [0.4, 0.5) is 4.79 Å². The Labute approximate surface area is 153 Å². The first-order valence-electron chi connectivity index (χ1n) is 9.23. The summed E-state index contributed by atoms with van der Waals surface area (Å²) in [6.07, 6.45) is 0.997. The molecule has 3 aliphatic rings. The van der Waals surface area contributed by atoms with Crippen LogP contribution in [0.5, 0.6) is 5.75 Å². The van der Waals surface area contributed by atoms with Crippen LogP contribution >= 0.6 is 0 Å². The van der Waals surface area contributed by atoms with Gasteiger partial charge in [0.05, 0.1) is 0 Å². The van der Waals surface area contributed by atoms with Gasteiger partial charge in [-0.05, 0) is 49.8 Å². The van der Waals surface area contributed by atoms with Crippen molar-refractivity contribution < 1.29 is 19.0 Å². The highest BCUT2D eigenvalue weighted by molar-refractivity contribution is 5.63. The molecule has 2 aromatic rings. The Morgan fingerprint density at radius 2 is 1.77 bits per heavy atom. The predicted molar refractivity (Wildman–Crippen MR) is 96.4 cm³/mol. The Hall–Kier alpha value is -2.49. The quantitative estimate of drug-likeness (QED) is 0.691. The van der Waals surface area contributed by atoms with E-state index in [1.807, 2.05) is 0 Å². The molecule has 0 N–H and O–H groups in total. The van der Waals surface area contributed by atoms with Crippen LogP contribution in [-0.4, -0.2) is 18.4 Å². The zero-order chi connectivity index (χ0) is 17.9. The summed E-state index contributed by atoms with van der Waals surface area (Å²) in [7, 11) is 0. The van der Waals surface area contributed by atoms with Gasteiger partial charge >= 0.3 is 6.16 Å². The number of benzene rings is 2. The summed E-state index contributed by atoms with van der Waals surface area (Å²) in [5.41, 5.74) is 4.36. The first-order valence-corrected chi connectivity index (χ1v) is 9.23. The van der Waals surface area contributed by atoms with Crippen molar-refractivity contribution in [1.82, 2.24) is 0 Å². The molecule has 0 amide bonds. The van der Waals surface area contributed by atoms with E-state index in [4.69, 9.17) is 14.2 Å². The lowest BCUT2D eigenvalue weighted by Crippen LogP contribution is -2.29. The van der Waals surface area contributed by atoms with E-state index in [-0.39, 0.29) is 12.0 Å². The molecule has 0 radical (unpaired) electrons. The third kappa shape index (κ3) is 2.39. The van der Waals surface area contributed by atoms with Crippen molar-refractivity contribution in [1.29, 1.82) is 0 Å². The van der Waals surface area contributed by atoms with Gasteiger partial charge in [0.2, 0.25) is 0 Å². The molecule has 4 nitrogen and oxygen atoms in total. The fraction of sp³-hybridized carbons (Fsp3) is 0.409. The largest absolute Gasteiger partial charge is 0.509 e. The fourth-order valence-electron chi connectivity index (χ4n) is 4.85. The highest BCUT2D eigenvalue weighted by atomic mass is 16.8. The SMILES string of the molecule is Cc1ccc([C@H]2Oc3ccc(C)cc3[C@H]3C[C@@]4(COC(=O)O4)CC32)cc1. The van der Waals surface area contributed by atoms with Crippen molar-refractivity contribution in [3.05, 3.63) is 64.7 Å². The third-order valence-electron chi connectivity index (χ3n) is 6.08. The minimum absolute atomic E-state index is 0.0329. The van der Waals surface area contributed by atoms with Gasteiger partial charge in [-0.2, -0.15) is 0 Å². The van der Waals surface area contributed by atoms with Crippen molar-refractivity contribution in [3.63, 3.8) is 0 Å². The molecule has 2 heterocycles. The Kier molecular flexibility index (Phi) is 3.33. The number of ether oxygens (including phenoxy) is 3. The van der Waals surface area contributed by atoms with Crippen LogP contribution in [-0.2, 0) is 9.47 Å². The number of hydrogen-bond acceptors (Lipinski definition) is 4. The molecule has 1 aliphatic carbocycles. The lowest BCUT2D eigenvalue weighted by molar-refractivity contribution is 0.0484. The van der Waals surface area contributed by atoms with Gasteiger partial charge in [0, 0.05) is 5.92 Å². The van der Waals surface area contributed by atoms with E-state index in [0.29, 0.717) is 12.5 Å². The maximum Gasteiger partial charge on any atom is 0.509 e. The summed E-state index contributed by atoms with van der Waals surface area (Å²) in [5, 5.41) is 0. The molecule has 2 aliphatic heterocycles. The minimum Gasteiger partial charge on any atom is -0.485 e. The molecule has 2 aromatic carbocycles. The Balaban J connectivity index is 1.58. The Morgan fingerprint density at radius 1 is 1.00 bits per heavy atom. The van der Waals surface area contributed by atoms with Gasteiger partial charge in [-0.25, -0.2) is 4.79 Å². The summed E-state index contributed by atoms with van der Waals surface area (Å²) in [5.74, 6) is 1.52. The molecule has 4 atom stereocenters. The monoisotopic (exact) mass is 350 g/mol. The smallest absolute Gasteiger partial charge is 0.485 e. The minimum atomic E-state index is -0.541. The van der Waals surface area contributed by atoms with Crippen LogP contribution in [0.1, 0.15) is 47.1 Å². The van der Waals surface area contributed by atoms with Crippen LogP contribution in [0.25, 0.3) is 0 Å². The van der Waals surface area contributed by atoms with Crippen LogP contribution in [0.3, 0.4) is 0 Å². The molecule has 134 valence electrons. The fourth-order valence-corrected chi connectivity index (χ4v) is 4.85. The van der Waals surface area contributed by atoms with E-state index < -0.39 is 11.8 Å². The van der Waals surface area contributed by atoms with Gasteiger partial charge in [0.25, 0.3) is 0 Å². The zero-order valence-electron chi connectivity index (χ0n) is 15.0. The lowest BCUT2D eigenvalue weighted by Gasteiger charge is -2.36. The molecular formula is C22H22O4. The molecule has 2 fully saturated rings. The number of fused-ring (bicyclic) bond motifs is 3. The van der Waals surface area contributed by atoms with Crippen molar-refractivity contribution in [2.45, 2.75) is 44.3 Å². The van der Waals surface area contributed by atoms with Gasteiger partial charge in [0.15, 0.2) is 5.60 Å². The highest BCUT2D eigenvalue weighted by Crippen LogP contribution is 2.58. The van der Waals surface area contributed by atoms with Gasteiger partial charge in [0.1, 0.15) is 18.5 Å². The molecule has 5 rings (SSSR count). The average molecular weight is 350 g/mol. The van der Waals surface area contributed by atoms with Gasteiger partial charge in [-0.3, -0.25) is 0 Å². The first-order chi connectivity index (χ1) is 12.5. The maximum absolute atomic E-state index is 11.6. The number of carbonyl (C=O) groups excluding carboxylic acids is 1. The van der Waals surface area contributed by atoms with E-state index in [0.717, 1.165) is 18.6 Å². The molecule has 4 heteroatoms. The average Bonchev–Trinajstić information content (AvgIpc) is 3.18. The maximum atomic E-state index is 11.6. The molecule has 0 aromatic heterocycles. The van der Waals surface area contributed by atoms with Crippen molar-refractivity contribution in [2.24, 2.45) is 5.92 Å². The summed E-state index contributed by atoms with van der Waals surface area (Å²) in [4.78, 5) is 11.6. The molecule has 0 bridgehead atoms. The standard InChI is InChI=1S/C22H22O4/c1-13-3-6-15(7-4-13)20-18-11-22(12-24-21(23)26-22)10-17(18)16-9-14(2)5-8-19(16)25-20/h3-9,17-18,20H,10-12H2,1-2H3/t17-,18?,20-,22+/m1/s1. The molecular weight excluding hydrogens is 328 g/mol. The lowest BCUT2D eigenvalue weighted by atomic mass is 9.79. The Bertz CT molecular complexity index is 872. The summed E-state index contributed by atoms with van der Waals surface area (Å²) in [6.45, 7) is 4.54. The van der Waals surface area contributed by atoms with E-state index in [1.165, 1.54) is 22.3 Å². The van der Waals surface area contributed by atoms with Gasteiger partial charge in [-0.1, -0.05) is 47.5 Å². The van der Waals surface area contributed by atoms with Crippen molar-refractivity contribution in [2.75, 3.05) is 6.61 Å². The normalized spacial score (nSPS) is 31.8. The van der Waals surface area contributed by atoms with E-state index in [1.54, 1.807) is 0 Å². The van der Waals surface area contributed by atoms with Gasteiger partial charge in [-0.15, -0.1) is 0 Å². The number of carbonyl (C=O) groups is 1. The molecule has 1 saturated heterocycles. The third-order valence-corrected chi connectivity index (χ3v) is 6.08. The zero-order valence-corrected chi connectivity index (χ0v) is 15.0. The Morgan fingerprint density at radius 3 is 2.50 bits per heavy atom.